The molecule has 13 nitrogen and oxygen atoms in total. The lowest BCUT2D eigenvalue weighted by molar-refractivity contribution is -0.149. The van der Waals surface area contributed by atoms with E-state index < -0.39 is 30.0 Å². The van der Waals surface area contributed by atoms with Gasteiger partial charge in [0.2, 0.25) is 11.8 Å². The molecule has 0 radical (unpaired) electrons. The van der Waals surface area contributed by atoms with Crippen molar-refractivity contribution in [2.75, 3.05) is 52.6 Å². The fourth-order valence-electron chi connectivity index (χ4n) is 6.34. The third-order valence-electron chi connectivity index (χ3n) is 8.62. The van der Waals surface area contributed by atoms with Crippen LogP contribution in [0.25, 0.3) is 0 Å². The van der Waals surface area contributed by atoms with Crippen LogP contribution in [0.4, 0.5) is 5.69 Å². The Hall–Kier alpha value is -5.30. The van der Waals surface area contributed by atoms with Gasteiger partial charge in [0.25, 0.3) is 5.91 Å². The summed E-state index contributed by atoms with van der Waals surface area (Å²) in [6.07, 6.45) is 0.172. The number of fused-ring (bicyclic) bond motifs is 3. The number of aliphatic hydroxyl groups is 1. The molecule has 3 atom stereocenters. The third-order valence-corrected chi connectivity index (χ3v) is 8.62. The maximum Gasteiger partial charge on any atom is 0.307 e. The second-order valence-electron chi connectivity index (χ2n) is 11.5. The number of hydrogen-bond donors (Lipinski definition) is 2. The smallest absolute Gasteiger partial charge is 0.307 e. The Kier molecular flexibility index (Phi) is 11.2. The van der Waals surface area contributed by atoms with E-state index in [1.165, 1.54) is 19.1 Å². The molecule has 0 spiro atoms. The highest BCUT2D eigenvalue weighted by molar-refractivity contribution is 6.03. The normalized spacial score (nSPS) is 17.9. The van der Waals surface area contributed by atoms with Gasteiger partial charge in [0.1, 0.15) is 18.0 Å². The number of carbonyl (C=O) groups excluding carboxylic acids is 4. The van der Waals surface area contributed by atoms with Gasteiger partial charge in [-0.05, 0) is 61.0 Å². The van der Waals surface area contributed by atoms with Gasteiger partial charge in [-0.15, -0.1) is 0 Å². The van der Waals surface area contributed by atoms with Crippen molar-refractivity contribution >= 4 is 29.4 Å². The lowest BCUT2D eigenvalue weighted by Gasteiger charge is -2.45. The molecule has 1 saturated heterocycles. The first-order chi connectivity index (χ1) is 23.7. The van der Waals surface area contributed by atoms with Gasteiger partial charge < -0.3 is 43.9 Å². The van der Waals surface area contributed by atoms with Gasteiger partial charge in [-0.2, -0.15) is 0 Å². The molecular formula is C36H41N3O10. The zero-order chi connectivity index (χ0) is 35.1. The predicted molar refractivity (Wildman–Crippen MR) is 178 cm³/mol. The van der Waals surface area contributed by atoms with Gasteiger partial charge in [-0.25, -0.2) is 0 Å². The zero-order valence-corrected chi connectivity index (χ0v) is 28.0. The number of rotatable bonds is 14. The van der Waals surface area contributed by atoms with Crippen LogP contribution in [0.15, 0.2) is 60.7 Å². The second-order valence-corrected chi connectivity index (χ2v) is 11.5. The number of anilines is 1. The van der Waals surface area contributed by atoms with E-state index in [1.807, 2.05) is 0 Å². The van der Waals surface area contributed by atoms with E-state index in [9.17, 15) is 24.3 Å². The molecule has 5 rings (SSSR count). The Bertz CT molecular complexity index is 1680. The molecule has 1 unspecified atom stereocenters. The van der Waals surface area contributed by atoms with E-state index in [2.05, 4.69) is 5.32 Å². The minimum Gasteiger partial charge on any atom is -0.497 e. The van der Waals surface area contributed by atoms with E-state index in [-0.39, 0.29) is 56.6 Å². The molecule has 0 bridgehead atoms. The number of piperazine rings is 1. The number of hydrogen-bond acceptors (Lipinski definition) is 10. The molecular weight excluding hydrogens is 634 g/mol. The number of amides is 3. The number of aliphatic hydroxyl groups excluding tert-OH is 1. The molecule has 2 aliphatic heterocycles. The van der Waals surface area contributed by atoms with E-state index in [1.54, 1.807) is 79.6 Å². The Morgan fingerprint density at radius 3 is 2.33 bits per heavy atom. The fraction of sp³-hybridized carbons (Fsp3) is 0.389. The summed E-state index contributed by atoms with van der Waals surface area (Å²) in [5.74, 6) is 0.155. The van der Waals surface area contributed by atoms with Crippen molar-refractivity contribution in [2.45, 2.75) is 44.3 Å². The SMILES string of the molecule is CCOC(=O)CC1[C@@H]2[C@@H](NC(=O)c3ccc(OC)c(OC)c3)c3cc(OCCCO)ccc3N2C(=O)CN1C(=O)Cc1ccc(OC)cc1. The minimum atomic E-state index is -0.864. The standard InChI is InChI=1S/C36H41N3O10/c1-5-48-33(43)20-28-35-34(37-36(44)23-9-14-29(46-3)30(18-23)47-4)26-19-25(49-16-6-15-40)12-13-27(26)39(35)32(42)21-38(28)31(41)17-22-7-10-24(45-2)11-8-22/h7-14,18-19,28,34-35,40H,5-6,15-17,20-21H2,1-4H3,(H,37,44)/t28?,34-,35+/m0/s1. The Morgan fingerprint density at radius 1 is 0.918 bits per heavy atom. The second kappa shape index (κ2) is 15.7. The number of benzene rings is 3. The van der Waals surface area contributed by atoms with Crippen molar-refractivity contribution in [3.05, 3.63) is 77.4 Å². The summed E-state index contributed by atoms with van der Waals surface area (Å²) in [7, 11) is 4.51. The molecule has 0 saturated carbocycles. The summed E-state index contributed by atoms with van der Waals surface area (Å²) in [4.78, 5) is 58.0. The van der Waals surface area contributed by atoms with Crippen LogP contribution in [0.3, 0.4) is 0 Å². The zero-order valence-electron chi connectivity index (χ0n) is 28.0. The molecule has 0 aliphatic carbocycles. The first-order valence-electron chi connectivity index (χ1n) is 16.0. The van der Waals surface area contributed by atoms with Gasteiger partial charge in [0, 0.05) is 29.8 Å². The highest BCUT2D eigenvalue weighted by Gasteiger charge is 2.53. The van der Waals surface area contributed by atoms with Crippen molar-refractivity contribution in [3.63, 3.8) is 0 Å². The average Bonchev–Trinajstić information content (AvgIpc) is 3.43. The number of carbonyl (C=O) groups is 4. The van der Waals surface area contributed by atoms with Gasteiger partial charge in [0.15, 0.2) is 11.5 Å². The maximum atomic E-state index is 14.0. The van der Waals surface area contributed by atoms with Crippen LogP contribution < -0.4 is 29.2 Å². The van der Waals surface area contributed by atoms with E-state index in [4.69, 9.17) is 23.7 Å². The average molecular weight is 676 g/mol. The van der Waals surface area contributed by atoms with Crippen molar-refractivity contribution < 1.29 is 48.0 Å². The fourth-order valence-corrected chi connectivity index (χ4v) is 6.34. The topological polar surface area (TPSA) is 153 Å². The summed E-state index contributed by atoms with van der Waals surface area (Å²) < 4.78 is 27.2. The van der Waals surface area contributed by atoms with Crippen LogP contribution in [0.2, 0.25) is 0 Å². The molecule has 1 fully saturated rings. The number of nitrogens with zero attached hydrogens (tertiary/aromatic N) is 2. The molecule has 3 amide bonds. The first-order valence-corrected chi connectivity index (χ1v) is 16.0. The number of nitrogens with one attached hydrogen (secondary N) is 1. The summed E-state index contributed by atoms with van der Waals surface area (Å²) in [6, 6.07) is 14.4. The van der Waals surface area contributed by atoms with E-state index in [0.717, 1.165) is 0 Å². The molecule has 2 N–H and O–H groups in total. The lowest BCUT2D eigenvalue weighted by Crippen LogP contribution is -2.65. The van der Waals surface area contributed by atoms with Crippen molar-refractivity contribution in [2.24, 2.45) is 0 Å². The number of ether oxygens (including phenoxy) is 5. The van der Waals surface area contributed by atoms with Gasteiger partial charge in [0.05, 0.1) is 65.5 Å². The highest BCUT2D eigenvalue weighted by atomic mass is 16.5. The van der Waals surface area contributed by atoms with Gasteiger partial charge >= 0.3 is 5.97 Å². The molecule has 3 aromatic rings. The van der Waals surface area contributed by atoms with E-state index >= 15 is 0 Å². The van der Waals surface area contributed by atoms with Crippen molar-refractivity contribution in [1.82, 2.24) is 10.2 Å². The number of methoxy groups -OCH3 is 3. The molecule has 2 heterocycles. The van der Waals surface area contributed by atoms with Gasteiger partial charge in [-0.3, -0.25) is 19.2 Å². The van der Waals surface area contributed by atoms with Crippen LogP contribution in [0.5, 0.6) is 23.0 Å². The van der Waals surface area contributed by atoms with Crippen LogP contribution in [0.1, 0.15) is 47.3 Å². The summed E-state index contributed by atoms with van der Waals surface area (Å²) in [5, 5.41) is 12.3. The monoisotopic (exact) mass is 675 g/mol. The van der Waals surface area contributed by atoms with Crippen molar-refractivity contribution in [3.8, 4) is 23.0 Å². The summed E-state index contributed by atoms with van der Waals surface area (Å²) in [5.41, 5.74) is 2.07. The Labute approximate surface area is 284 Å². The van der Waals surface area contributed by atoms with Crippen LogP contribution in [-0.4, -0.2) is 93.5 Å². The largest absolute Gasteiger partial charge is 0.497 e. The molecule has 13 heteroatoms. The van der Waals surface area contributed by atoms with E-state index in [0.29, 0.717) is 46.2 Å². The first kappa shape index (κ1) is 35.0. The molecule has 49 heavy (non-hydrogen) atoms. The number of esters is 1. The van der Waals surface area contributed by atoms with Crippen molar-refractivity contribution in [1.29, 1.82) is 0 Å². The predicted octanol–water partition coefficient (Wildman–Crippen LogP) is 3.07. The summed E-state index contributed by atoms with van der Waals surface area (Å²) in [6.45, 7) is 1.75. The van der Waals surface area contributed by atoms with Crippen LogP contribution in [-0.2, 0) is 25.5 Å². The minimum absolute atomic E-state index is 0.0260. The highest BCUT2D eigenvalue weighted by Crippen LogP contribution is 2.46. The molecule has 0 aromatic heterocycles. The molecule has 2 aliphatic rings. The van der Waals surface area contributed by atoms with Gasteiger partial charge in [-0.1, -0.05) is 12.1 Å². The third kappa shape index (κ3) is 7.56. The molecule has 3 aromatic carbocycles. The maximum absolute atomic E-state index is 14.0. The quantitative estimate of drug-likeness (QED) is 0.193. The lowest BCUT2D eigenvalue weighted by atomic mass is 9.91. The van der Waals surface area contributed by atoms with Crippen LogP contribution in [0, 0.1) is 0 Å². The Balaban J connectivity index is 1.56. The van der Waals surface area contributed by atoms with Crippen LogP contribution >= 0.6 is 0 Å². The molecule has 260 valence electrons. The Morgan fingerprint density at radius 2 is 1.65 bits per heavy atom. The summed E-state index contributed by atoms with van der Waals surface area (Å²) >= 11 is 0.